The lowest BCUT2D eigenvalue weighted by atomic mass is 10.1. The highest BCUT2D eigenvalue weighted by molar-refractivity contribution is 7.99. The van der Waals surface area contributed by atoms with Crippen molar-refractivity contribution in [2.24, 2.45) is 0 Å². The molecule has 3 amide bonds. The van der Waals surface area contributed by atoms with Crippen LogP contribution in [0.25, 0.3) is 11.4 Å². The molecule has 0 bridgehead atoms. The molecule has 1 aliphatic heterocycles. The van der Waals surface area contributed by atoms with E-state index in [1.165, 1.54) is 10.5 Å². The van der Waals surface area contributed by atoms with Crippen LogP contribution in [-0.2, 0) is 11.3 Å². The van der Waals surface area contributed by atoms with Crippen LogP contribution in [0.5, 0.6) is 0 Å². The Hall–Kier alpha value is -2.35. The fraction of sp³-hybridized carbons (Fsp3) is 0.500. The SMILES string of the molecule is CCCn1c(SCCCN2C(=O)NC(C)(C)C2=O)nnc1-c1cccc(C)c1. The molecule has 0 radical (unpaired) electrons. The lowest BCUT2D eigenvalue weighted by Gasteiger charge is -2.15. The molecule has 0 atom stereocenters. The molecule has 1 fully saturated rings. The van der Waals surface area contributed by atoms with Crippen molar-refractivity contribution < 1.29 is 9.59 Å². The van der Waals surface area contributed by atoms with Crippen LogP contribution in [0.3, 0.4) is 0 Å². The molecule has 1 aromatic carbocycles. The zero-order valence-electron chi connectivity index (χ0n) is 16.9. The summed E-state index contributed by atoms with van der Waals surface area (Å²) < 4.78 is 2.15. The molecule has 2 aromatic rings. The van der Waals surface area contributed by atoms with E-state index in [4.69, 9.17) is 0 Å². The highest BCUT2D eigenvalue weighted by Gasteiger charge is 2.43. The fourth-order valence-corrected chi connectivity index (χ4v) is 4.11. The summed E-state index contributed by atoms with van der Waals surface area (Å²) in [5.41, 5.74) is 1.44. The van der Waals surface area contributed by atoms with Crippen molar-refractivity contribution in [2.45, 2.75) is 57.8 Å². The van der Waals surface area contributed by atoms with E-state index in [-0.39, 0.29) is 11.9 Å². The molecule has 1 aromatic heterocycles. The average Bonchev–Trinajstić information content (AvgIpc) is 3.11. The van der Waals surface area contributed by atoms with Gasteiger partial charge in [-0.3, -0.25) is 9.69 Å². The van der Waals surface area contributed by atoms with Crippen molar-refractivity contribution in [3.63, 3.8) is 0 Å². The first-order chi connectivity index (χ1) is 13.3. The van der Waals surface area contributed by atoms with Gasteiger partial charge >= 0.3 is 6.03 Å². The number of nitrogens with one attached hydrogen (secondary N) is 1. The Morgan fingerprint density at radius 3 is 2.61 bits per heavy atom. The predicted octanol–water partition coefficient (Wildman–Crippen LogP) is 3.48. The minimum absolute atomic E-state index is 0.168. The number of hydrogen-bond donors (Lipinski definition) is 1. The molecule has 28 heavy (non-hydrogen) atoms. The van der Waals surface area contributed by atoms with Crippen LogP contribution >= 0.6 is 11.8 Å². The summed E-state index contributed by atoms with van der Waals surface area (Å²) in [6.07, 6.45) is 1.70. The monoisotopic (exact) mass is 401 g/mol. The lowest BCUT2D eigenvalue weighted by molar-refractivity contribution is -0.130. The summed E-state index contributed by atoms with van der Waals surface area (Å²) in [5, 5.41) is 12.4. The van der Waals surface area contributed by atoms with Crippen LogP contribution in [0.15, 0.2) is 29.4 Å². The average molecular weight is 402 g/mol. The number of carbonyl (C=O) groups excluding carboxylic acids is 2. The number of amides is 3. The van der Waals surface area contributed by atoms with Gasteiger partial charge in [-0.2, -0.15) is 0 Å². The highest BCUT2D eigenvalue weighted by Crippen LogP contribution is 2.26. The van der Waals surface area contributed by atoms with E-state index in [0.29, 0.717) is 13.0 Å². The number of urea groups is 1. The van der Waals surface area contributed by atoms with Gasteiger partial charge in [0.05, 0.1) is 0 Å². The zero-order valence-corrected chi connectivity index (χ0v) is 17.7. The number of thioether (sulfide) groups is 1. The van der Waals surface area contributed by atoms with Crippen molar-refractivity contribution in [2.75, 3.05) is 12.3 Å². The summed E-state index contributed by atoms with van der Waals surface area (Å²) in [6.45, 7) is 8.90. The maximum atomic E-state index is 12.2. The van der Waals surface area contributed by atoms with E-state index < -0.39 is 5.54 Å². The quantitative estimate of drug-likeness (QED) is 0.416. The largest absolute Gasteiger partial charge is 0.325 e. The Morgan fingerprint density at radius 1 is 1.18 bits per heavy atom. The van der Waals surface area contributed by atoms with Gasteiger partial charge in [-0.25, -0.2) is 4.79 Å². The molecular weight excluding hydrogens is 374 g/mol. The minimum Gasteiger partial charge on any atom is -0.324 e. The molecule has 1 N–H and O–H groups in total. The highest BCUT2D eigenvalue weighted by atomic mass is 32.2. The van der Waals surface area contributed by atoms with Gasteiger partial charge in [-0.15, -0.1) is 10.2 Å². The predicted molar refractivity (Wildman–Crippen MR) is 110 cm³/mol. The number of rotatable bonds is 8. The number of nitrogens with zero attached hydrogens (tertiary/aromatic N) is 4. The van der Waals surface area contributed by atoms with Gasteiger partial charge in [0, 0.05) is 24.4 Å². The molecule has 1 saturated heterocycles. The van der Waals surface area contributed by atoms with E-state index in [2.05, 4.69) is 52.1 Å². The van der Waals surface area contributed by atoms with Crippen LogP contribution in [-0.4, -0.2) is 49.4 Å². The Kier molecular flexibility index (Phi) is 6.07. The van der Waals surface area contributed by atoms with Gasteiger partial charge in [-0.05, 0) is 39.7 Å². The van der Waals surface area contributed by atoms with E-state index in [1.807, 2.05) is 6.07 Å². The molecule has 0 saturated carbocycles. The molecule has 8 heteroatoms. The van der Waals surface area contributed by atoms with Gasteiger partial charge in [-0.1, -0.05) is 42.4 Å². The van der Waals surface area contributed by atoms with E-state index in [1.54, 1.807) is 25.6 Å². The zero-order chi connectivity index (χ0) is 20.3. The molecular formula is C20H27N5O2S. The topological polar surface area (TPSA) is 80.1 Å². The van der Waals surface area contributed by atoms with Crippen LogP contribution in [0.4, 0.5) is 4.79 Å². The third-order valence-electron chi connectivity index (χ3n) is 4.64. The number of carbonyl (C=O) groups is 2. The second-order valence-electron chi connectivity index (χ2n) is 7.54. The molecule has 0 aliphatic carbocycles. The molecule has 2 heterocycles. The van der Waals surface area contributed by atoms with Gasteiger partial charge in [0.1, 0.15) is 5.54 Å². The first-order valence-electron chi connectivity index (χ1n) is 9.60. The van der Waals surface area contributed by atoms with Crippen molar-refractivity contribution in [3.8, 4) is 11.4 Å². The number of hydrogen-bond acceptors (Lipinski definition) is 5. The number of aromatic nitrogens is 3. The Labute approximate surface area is 169 Å². The first kappa shape index (κ1) is 20.4. The normalized spacial score (nSPS) is 15.9. The molecule has 0 spiro atoms. The summed E-state index contributed by atoms with van der Waals surface area (Å²) >= 11 is 1.61. The molecule has 1 aliphatic rings. The van der Waals surface area contributed by atoms with E-state index >= 15 is 0 Å². The summed E-state index contributed by atoms with van der Waals surface area (Å²) in [6, 6.07) is 7.95. The molecule has 3 rings (SSSR count). The molecule has 7 nitrogen and oxygen atoms in total. The van der Waals surface area contributed by atoms with Crippen LogP contribution in [0.1, 0.15) is 39.2 Å². The second-order valence-corrected chi connectivity index (χ2v) is 8.60. The van der Waals surface area contributed by atoms with Gasteiger partial charge in [0.25, 0.3) is 5.91 Å². The maximum absolute atomic E-state index is 12.2. The number of imide groups is 1. The lowest BCUT2D eigenvalue weighted by Crippen LogP contribution is -2.40. The van der Waals surface area contributed by atoms with E-state index in [0.717, 1.165) is 35.3 Å². The Balaban J connectivity index is 1.63. The fourth-order valence-electron chi connectivity index (χ4n) is 3.23. The third kappa shape index (κ3) is 4.22. The van der Waals surface area contributed by atoms with Gasteiger partial charge in [0.2, 0.25) is 0 Å². The summed E-state index contributed by atoms with van der Waals surface area (Å²) in [5.74, 6) is 1.47. The smallest absolute Gasteiger partial charge is 0.324 e. The Bertz CT molecular complexity index is 877. The van der Waals surface area contributed by atoms with Crippen LogP contribution in [0.2, 0.25) is 0 Å². The number of benzene rings is 1. The van der Waals surface area contributed by atoms with Crippen LogP contribution < -0.4 is 5.32 Å². The minimum atomic E-state index is -0.811. The maximum Gasteiger partial charge on any atom is 0.325 e. The van der Waals surface area contributed by atoms with Crippen molar-refractivity contribution in [1.82, 2.24) is 25.0 Å². The first-order valence-corrected chi connectivity index (χ1v) is 10.6. The number of aryl methyl sites for hydroxylation is 1. The van der Waals surface area contributed by atoms with Crippen molar-refractivity contribution in [1.29, 1.82) is 0 Å². The summed E-state index contributed by atoms with van der Waals surface area (Å²) in [4.78, 5) is 25.5. The van der Waals surface area contributed by atoms with Crippen LogP contribution in [0, 0.1) is 6.92 Å². The van der Waals surface area contributed by atoms with Gasteiger partial charge in [0.15, 0.2) is 11.0 Å². The second kappa shape index (κ2) is 8.34. The third-order valence-corrected chi connectivity index (χ3v) is 5.69. The summed E-state index contributed by atoms with van der Waals surface area (Å²) in [7, 11) is 0. The van der Waals surface area contributed by atoms with Crippen molar-refractivity contribution >= 4 is 23.7 Å². The standard InChI is InChI=1S/C20H27N5O2S/c1-5-10-24-16(15-9-6-8-14(2)13-15)22-23-19(24)28-12-7-11-25-17(26)20(3,4)21-18(25)27/h6,8-9,13H,5,7,10-12H2,1-4H3,(H,21,27). The van der Waals surface area contributed by atoms with E-state index in [9.17, 15) is 9.59 Å². The molecule has 0 unspecified atom stereocenters. The Morgan fingerprint density at radius 2 is 1.96 bits per heavy atom. The molecule has 150 valence electrons. The van der Waals surface area contributed by atoms with Gasteiger partial charge < -0.3 is 9.88 Å². The van der Waals surface area contributed by atoms with Crippen molar-refractivity contribution in [3.05, 3.63) is 29.8 Å².